The zero-order valence-electron chi connectivity index (χ0n) is 27.4. The summed E-state index contributed by atoms with van der Waals surface area (Å²) in [6.07, 6.45) is 3.42. The van der Waals surface area contributed by atoms with E-state index >= 15 is 0 Å². The number of carbonyl (C=O) groups is 3. The third kappa shape index (κ3) is 12.7. The summed E-state index contributed by atoms with van der Waals surface area (Å²) in [5, 5.41) is 17.0. The molecular weight excluding hydrogens is 546 g/mol. The van der Waals surface area contributed by atoms with Gasteiger partial charge in [0.1, 0.15) is 5.60 Å². The fourth-order valence-electron chi connectivity index (χ4n) is 5.46. The Labute approximate surface area is 258 Å². The van der Waals surface area contributed by atoms with Crippen LogP contribution in [0.25, 0.3) is 0 Å². The lowest BCUT2D eigenvalue weighted by atomic mass is 9.79. The molecule has 1 unspecified atom stereocenters. The average Bonchev–Trinajstić information content (AvgIpc) is 2.90. The van der Waals surface area contributed by atoms with Crippen LogP contribution in [0.4, 0.5) is 10.5 Å². The highest BCUT2D eigenvalue weighted by atomic mass is 16.6. The molecule has 1 aliphatic heterocycles. The molecule has 0 aromatic heterocycles. The first-order valence-corrected chi connectivity index (χ1v) is 15.7. The number of ether oxygens (including phenoxy) is 2. The number of anilines is 1. The van der Waals surface area contributed by atoms with Gasteiger partial charge in [-0.2, -0.15) is 0 Å². The van der Waals surface area contributed by atoms with Gasteiger partial charge in [0, 0.05) is 37.0 Å². The Hall–Kier alpha value is -2.91. The molecule has 9 heteroatoms. The second-order valence-corrected chi connectivity index (χ2v) is 13.7. The van der Waals surface area contributed by atoms with Gasteiger partial charge in [-0.3, -0.25) is 9.59 Å². The summed E-state index contributed by atoms with van der Waals surface area (Å²) >= 11 is 0. The fraction of sp³-hybridized carbons (Fsp3) is 0.676. The van der Waals surface area contributed by atoms with Gasteiger partial charge in [-0.1, -0.05) is 58.4 Å². The number of hydrogen-bond acceptors (Lipinski definition) is 6. The maximum absolute atomic E-state index is 13.8. The van der Waals surface area contributed by atoms with Gasteiger partial charge in [0.2, 0.25) is 11.8 Å². The number of hydrogen-bond donors (Lipinski definition) is 3. The minimum atomic E-state index is -1.02. The zero-order valence-corrected chi connectivity index (χ0v) is 27.4. The number of aliphatic hydroxyl groups excluding tert-OH is 1. The van der Waals surface area contributed by atoms with Crippen molar-refractivity contribution in [1.29, 1.82) is 0 Å². The first-order chi connectivity index (χ1) is 20.2. The van der Waals surface area contributed by atoms with Gasteiger partial charge in [-0.15, -0.1) is 6.58 Å². The molecule has 4 atom stereocenters. The van der Waals surface area contributed by atoms with Crippen molar-refractivity contribution in [2.24, 2.45) is 17.3 Å². The molecule has 3 amide bonds. The highest BCUT2D eigenvalue weighted by Crippen LogP contribution is 2.35. The molecule has 0 radical (unpaired) electrons. The van der Waals surface area contributed by atoms with Crippen LogP contribution in [0.5, 0.6) is 0 Å². The first kappa shape index (κ1) is 36.3. The molecule has 242 valence electrons. The fourth-order valence-corrected chi connectivity index (χ4v) is 5.46. The molecule has 0 saturated carbocycles. The van der Waals surface area contributed by atoms with Crippen LogP contribution < -0.4 is 15.5 Å². The van der Waals surface area contributed by atoms with Crippen molar-refractivity contribution in [3.63, 3.8) is 0 Å². The van der Waals surface area contributed by atoms with E-state index in [0.29, 0.717) is 32.7 Å². The molecule has 0 bridgehead atoms. The summed E-state index contributed by atoms with van der Waals surface area (Å²) in [4.78, 5) is 41.1. The lowest BCUT2D eigenvalue weighted by Crippen LogP contribution is -2.49. The van der Waals surface area contributed by atoms with E-state index < -0.39 is 35.2 Å². The Bertz CT molecular complexity index is 1070. The third-order valence-electron chi connectivity index (χ3n) is 7.56. The Morgan fingerprint density at radius 2 is 1.88 bits per heavy atom. The van der Waals surface area contributed by atoms with Crippen molar-refractivity contribution in [2.45, 2.75) is 105 Å². The number of para-hydroxylation sites is 1. The maximum Gasteiger partial charge on any atom is 0.407 e. The van der Waals surface area contributed by atoms with Gasteiger partial charge in [-0.25, -0.2) is 4.79 Å². The predicted molar refractivity (Wildman–Crippen MR) is 171 cm³/mol. The molecule has 1 aromatic rings. The van der Waals surface area contributed by atoms with Crippen LogP contribution in [0.3, 0.4) is 0 Å². The van der Waals surface area contributed by atoms with Crippen molar-refractivity contribution in [2.75, 3.05) is 31.2 Å². The average molecular weight is 602 g/mol. The number of aliphatic hydroxyl groups is 1. The summed E-state index contributed by atoms with van der Waals surface area (Å²) in [6.45, 7) is 18.9. The van der Waals surface area contributed by atoms with E-state index in [1.807, 2.05) is 36.9 Å². The van der Waals surface area contributed by atoms with E-state index in [-0.39, 0.29) is 30.6 Å². The number of benzene rings is 1. The standard InChI is InChI=1S/C34H55N3O6/c1-9-11-16-35-31(40)24(3)18-29(38)27(36-32(41)43-33(4,5)6)20-34(7,8)21-30(39)37-22-25(23-42-17-10-2)19-26-14-12-13-15-28(26)37/h10,12-15,24-25,27,29,38H,2,9,11,16-23H2,1,3-8H3,(H,35,40)(H,36,41)/t24-,25?,27+,29+/m1/s1. The van der Waals surface area contributed by atoms with Gasteiger partial charge >= 0.3 is 6.09 Å². The molecule has 1 aromatic carbocycles. The summed E-state index contributed by atoms with van der Waals surface area (Å²) < 4.78 is 11.2. The van der Waals surface area contributed by atoms with E-state index in [1.54, 1.807) is 33.8 Å². The van der Waals surface area contributed by atoms with Crippen LogP contribution in [0.15, 0.2) is 36.9 Å². The molecule has 0 saturated heterocycles. The van der Waals surface area contributed by atoms with Crippen molar-refractivity contribution < 1.29 is 29.0 Å². The Morgan fingerprint density at radius 3 is 2.53 bits per heavy atom. The quantitative estimate of drug-likeness (QED) is 0.173. The number of unbranched alkanes of at least 4 members (excludes halogenated alkanes) is 1. The Morgan fingerprint density at radius 1 is 1.19 bits per heavy atom. The largest absolute Gasteiger partial charge is 0.444 e. The molecule has 0 spiro atoms. The first-order valence-electron chi connectivity index (χ1n) is 15.7. The SMILES string of the molecule is C=CCOCC1Cc2ccccc2N(C(=O)CC(C)(C)C[C@H](NC(=O)OC(C)(C)C)[C@@H](O)C[C@@H](C)C(=O)NCCCC)C1. The number of fused-ring (bicyclic) bond motifs is 1. The molecule has 9 nitrogen and oxygen atoms in total. The number of rotatable bonds is 16. The smallest absolute Gasteiger partial charge is 0.407 e. The van der Waals surface area contributed by atoms with Gasteiger partial charge in [-0.05, 0) is 63.5 Å². The lowest BCUT2D eigenvalue weighted by molar-refractivity contribution is -0.125. The van der Waals surface area contributed by atoms with Crippen molar-refractivity contribution >= 4 is 23.6 Å². The minimum Gasteiger partial charge on any atom is -0.444 e. The molecule has 3 N–H and O–H groups in total. The topological polar surface area (TPSA) is 117 Å². The van der Waals surface area contributed by atoms with E-state index in [9.17, 15) is 19.5 Å². The predicted octanol–water partition coefficient (Wildman–Crippen LogP) is 5.40. The number of alkyl carbamates (subject to hydrolysis) is 1. The monoisotopic (exact) mass is 601 g/mol. The number of nitrogens with one attached hydrogen (secondary N) is 2. The summed E-state index contributed by atoms with van der Waals surface area (Å²) in [5.74, 6) is -0.451. The zero-order chi connectivity index (χ0) is 32.2. The second-order valence-electron chi connectivity index (χ2n) is 13.7. The molecular formula is C34H55N3O6. The van der Waals surface area contributed by atoms with Crippen molar-refractivity contribution in [3.8, 4) is 0 Å². The molecule has 2 rings (SSSR count). The number of carbonyl (C=O) groups excluding carboxylic acids is 3. The van der Waals surface area contributed by atoms with E-state index in [2.05, 4.69) is 30.2 Å². The number of nitrogens with zero attached hydrogens (tertiary/aromatic N) is 1. The van der Waals surface area contributed by atoms with Crippen LogP contribution in [0.2, 0.25) is 0 Å². The maximum atomic E-state index is 13.8. The van der Waals surface area contributed by atoms with E-state index in [4.69, 9.17) is 9.47 Å². The van der Waals surface area contributed by atoms with E-state index in [0.717, 1.165) is 30.5 Å². The summed E-state index contributed by atoms with van der Waals surface area (Å²) in [6, 6.07) is 7.23. The third-order valence-corrected chi connectivity index (χ3v) is 7.56. The van der Waals surface area contributed by atoms with Gasteiger partial charge < -0.3 is 30.1 Å². The molecule has 43 heavy (non-hydrogen) atoms. The lowest BCUT2D eigenvalue weighted by Gasteiger charge is -2.38. The number of amides is 3. The van der Waals surface area contributed by atoms with Gasteiger partial charge in [0.15, 0.2) is 0 Å². The van der Waals surface area contributed by atoms with Crippen LogP contribution in [-0.2, 0) is 25.5 Å². The van der Waals surface area contributed by atoms with Gasteiger partial charge in [0.25, 0.3) is 0 Å². The Balaban J connectivity index is 2.18. The molecule has 0 fully saturated rings. The summed E-state index contributed by atoms with van der Waals surface area (Å²) in [5.41, 5.74) is 0.712. The summed E-state index contributed by atoms with van der Waals surface area (Å²) in [7, 11) is 0. The highest BCUT2D eigenvalue weighted by Gasteiger charge is 2.36. The van der Waals surface area contributed by atoms with Crippen molar-refractivity contribution in [1.82, 2.24) is 10.6 Å². The Kier molecular flexibility index (Phi) is 14.2. The van der Waals surface area contributed by atoms with Crippen LogP contribution in [0, 0.1) is 17.3 Å². The molecule has 0 aliphatic carbocycles. The van der Waals surface area contributed by atoms with Gasteiger partial charge in [0.05, 0.1) is 25.4 Å². The normalized spacial score (nSPS) is 17.3. The second kappa shape index (κ2) is 16.8. The van der Waals surface area contributed by atoms with Crippen molar-refractivity contribution in [3.05, 3.63) is 42.5 Å². The minimum absolute atomic E-state index is 0.0277. The molecule has 1 heterocycles. The van der Waals surface area contributed by atoms with Crippen LogP contribution in [0.1, 0.15) is 86.1 Å². The van der Waals surface area contributed by atoms with Crippen LogP contribution in [-0.4, -0.2) is 67.1 Å². The van der Waals surface area contributed by atoms with E-state index in [1.165, 1.54) is 0 Å². The molecule has 1 aliphatic rings. The highest BCUT2D eigenvalue weighted by molar-refractivity contribution is 5.95. The van der Waals surface area contributed by atoms with Crippen LogP contribution >= 0.6 is 0 Å².